The van der Waals surface area contributed by atoms with E-state index in [1.807, 2.05) is 0 Å². The average Bonchev–Trinajstić information content (AvgIpc) is 2.92. The monoisotopic (exact) mass is 386 g/mol. The molecule has 0 bridgehead atoms. The number of carbonyl (C=O) groups is 4. The molecule has 7 nitrogen and oxygen atoms in total. The molecule has 0 radical (unpaired) electrons. The maximum absolute atomic E-state index is 12.3. The Kier molecular flexibility index (Phi) is 4.96. The van der Waals surface area contributed by atoms with E-state index in [0.717, 1.165) is 0 Å². The molecular weight excluding hydrogens is 372 g/mol. The fourth-order valence-corrected chi connectivity index (χ4v) is 2.85. The van der Waals surface area contributed by atoms with Crippen molar-refractivity contribution in [3.8, 4) is 0 Å². The molecule has 0 saturated carbocycles. The predicted molar refractivity (Wildman–Crippen MR) is 96.5 cm³/mol. The summed E-state index contributed by atoms with van der Waals surface area (Å²) in [5.41, 5.74) is -0.380. The van der Waals surface area contributed by atoms with Crippen LogP contribution in [0.4, 0.5) is 4.79 Å². The van der Waals surface area contributed by atoms with Gasteiger partial charge in [-0.05, 0) is 36.8 Å². The number of amides is 3. The molecule has 1 saturated heterocycles. The number of nitrogens with one attached hydrogen (secondary N) is 2. The predicted octanol–water partition coefficient (Wildman–Crippen LogP) is 2.43. The summed E-state index contributed by atoms with van der Waals surface area (Å²) >= 11 is 5.84. The maximum atomic E-state index is 12.3. The van der Waals surface area contributed by atoms with Gasteiger partial charge in [0.15, 0.2) is 12.4 Å². The number of hydrogen-bond donors (Lipinski definition) is 2. The van der Waals surface area contributed by atoms with Crippen molar-refractivity contribution >= 4 is 35.3 Å². The average molecular weight is 387 g/mol. The van der Waals surface area contributed by atoms with Crippen molar-refractivity contribution in [2.45, 2.75) is 12.5 Å². The lowest BCUT2D eigenvalue weighted by molar-refractivity contribution is -0.123. The highest BCUT2D eigenvalue weighted by atomic mass is 35.5. The Morgan fingerprint density at radius 3 is 2.44 bits per heavy atom. The molecule has 2 aromatic rings. The van der Waals surface area contributed by atoms with Crippen LogP contribution in [0.15, 0.2) is 48.5 Å². The number of halogens is 1. The summed E-state index contributed by atoms with van der Waals surface area (Å²) in [7, 11) is 0. The highest BCUT2D eigenvalue weighted by Crippen LogP contribution is 2.25. The molecule has 1 unspecified atom stereocenters. The Morgan fingerprint density at radius 1 is 1.07 bits per heavy atom. The number of rotatable bonds is 5. The molecule has 0 spiro atoms. The lowest BCUT2D eigenvalue weighted by atomic mass is 9.91. The van der Waals surface area contributed by atoms with E-state index in [-0.39, 0.29) is 5.56 Å². The molecule has 27 heavy (non-hydrogen) atoms. The van der Waals surface area contributed by atoms with Gasteiger partial charge in [-0.1, -0.05) is 35.9 Å². The van der Waals surface area contributed by atoms with Crippen molar-refractivity contribution in [3.63, 3.8) is 0 Å². The molecule has 2 aromatic carbocycles. The third-order valence-corrected chi connectivity index (χ3v) is 4.44. The van der Waals surface area contributed by atoms with Gasteiger partial charge in [0.25, 0.3) is 5.91 Å². The van der Waals surface area contributed by atoms with Gasteiger partial charge in [0.2, 0.25) is 0 Å². The fraction of sp³-hybridized carbons (Fsp3) is 0.158. The van der Waals surface area contributed by atoms with Crippen LogP contribution in [0.2, 0.25) is 5.02 Å². The van der Waals surface area contributed by atoms with Crippen LogP contribution in [0.5, 0.6) is 0 Å². The van der Waals surface area contributed by atoms with Gasteiger partial charge in [-0.3, -0.25) is 14.9 Å². The van der Waals surface area contributed by atoms with Crippen LogP contribution in [0.1, 0.15) is 33.2 Å². The minimum Gasteiger partial charge on any atom is -0.454 e. The summed E-state index contributed by atoms with van der Waals surface area (Å²) in [5, 5.41) is 5.09. The van der Waals surface area contributed by atoms with E-state index < -0.39 is 35.8 Å². The second kappa shape index (κ2) is 7.20. The van der Waals surface area contributed by atoms with Crippen molar-refractivity contribution in [1.29, 1.82) is 0 Å². The molecule has 1 aliphatic rings. The third-order valence-electron chi connectivity index (χ3n) is 4.20. The molecule has 3 amide bonds. The van der Waals surface area contributed by atoms with Gasteiger partial charge in [-0.2, -0.15) is 0 Å². The van der Waals surface area contributed by atoms with Crippen LogP contribution in [0.25, 0.3) is 0 Å². The van der Waals surface area contributed by atoms with Gasteiger partial charge >= 0.3 is 12.0 Å². The maximum Gasteiger partial charge on any atom is 0.338 e. The largest absolute Gasteiger partial charge is 0.454 e. The van der Waals surface area contributed by atoms with E-state index >= 15 is 0 Å². The highest BCUT2D eigenvalue weighted by Gasteiger charge is 2.43. The van der Waals surface area contributed by atoms with Gasteiger partial charge in [-0.15, -0.1) is 0 Å². The number of carbonyl (C=O) groups excluding carboxylic acids is 4. The first kappa shape index (κ1) is 18.6. The van der Waals surface area contributed by atoms with Gasteiger partial charge < -0.3 is 10.1 Å². The quantitative estimate of drug-likeness (QED) is 0.467. The van der Waals surface area contributed by atoms with Crippen molar-refractivity contribution < 1.29 is 23.9 Å². The SMILES string of the molecule is CC1(c2cccc(C(=O)OCC(=O)c3cccc(Cl)c3)c2)NC(=O)NC1=O. The van der Waals surface area contributed by atoms with Crippen LogP contribution in [-0.2, 0) is 15.1 Å². The van der Waals surface area contributed by atoms with Crippen molar-refractivity contribution in [2.24, 2.45) is 0 Å². The van der Waals surface area contributed by atoms with Gasteiger partial charge in [0.1, 0.15) is 5.54 Å². The Labute approximate surface area is 159 Å². The zero-order chi connectivity index (χ0) is 19.6. The standard InChI is InChI=1S/C19H15ClN2O5/c1-19(17(25)21-18(26)22-19)13-6-2-5-12(8-13)16(24)27-10-15(23)11-4-3-7-14(20)9-11/h2-9H,10H2,1H3,(H2,21,22,25,26). The molecular formula is C19H15ClN2O5. The van der Waals surface area contributed by atoms with Crippen molar-refractivity contribution in [1.82, 2.24) is 10.6 Å². The van der Waals surface area contributed by atoms with Crippen molar-refractivity contribution in [2.75, 3.05) is 6.61 Å². The summed E-state index contributed by atoms with van der Waals surface area (Å²) in [6, 6.07) is 11.8. The zero-order valence-corrected chi connectivity index (χ0v) is 15.0. The number of imide groups is 1. The first-order valence-corrected chi connectivity index (χ1v) is 8.37. The Morgan fingerprint density at radius 2 is 1.78 bits per heavy atom. The fourth-order valence-electron chi connectivity index (χ4n) is 2.66. The summed E-state index contributed by atoms with van der Waals surface area (Å²) in [5.74, 6) is -1.63. The zero-order valence-electron chi connectivity index (χ0n) is 14.2. The van der Waals surface area contributed by atoms with Gasteiger partial charge in [0, 0.05) is 10.6 Å². The number of urea groups is 1. The summed E-state index contributed by atoms with van der Waals surface area (Å²) in [6.07, 6.45) is 0. The summed E-state index contributed by atoms with van der Waals surface area (Å²) in [4.78, 5) is 47.8. The number of ether oxygens (including phenoxy) is 1. The molecule has 1 fully saturated rings. The van der Waals surface area contributed by atoms with E-state index in [9.17, 15) is 19.2 Å². The molecule has 138 valence electrons. The van der Waals surface area contributed by atoms with Crippen molar-refractivity contribution in [3.05, 3.63) is 70.2 Å². The molecule has 2 N–H and O–H groups in total. The number of benzene rings is 2. The summed E-state index contributed by atoms with van der Waals surface area (Å²) in [6.45, 7) is 1.08. The van der Waals surface area contributed by atoms with E-state index in [4.69, 9.17) is 16.3 Å². The minimum absolute atomic E-state index is 0.154. The normalized spacial score (nSPS) is 18.6. The molecule has 1 aliphatic heterocycles. The second-order valence-electron chi connectivity index (χ2n) is 6.12. The first-order valence-electron chi connectivity index (χ1n) is 7.99. The number of esters is 1. The smallest absolute Gasteiger partial charge is 0.338 e. The van der Waals surface area contributed by atoms with Crippen LogP contribution >= 0.6 is 11.6 Å². The van der Waals surface area contributed by atoms with Crippen LogP contribution in [-0.4, -0.2) is 30.3 Å². The molecule has 8 heteroatoms. The van der Waals surface area contributed by atoms with Crippen LogP contribution in [0, 0.1) is 0 Å². The number of ketones is 1. The Balaban J connectivity index is 1.72. The molecule has 0 aliphatic carbocycles. The molecule has 0 aromatic heterocycles. The summed E-state index contributed by atoms with van der Waals surface area (Å²) < 4.78 is 5.06. The lowest BCUT2D eigenvalue weighted by Gasteiger charge is -2.21. The number of hydrogen-bond acceptors (Lipinski definition) is 5. The topological polar surface area (TPSA) is 102 Å². The van der Waals surface area contributed by atoms with Crippen LogP contribution < -0.4 is 10.6 Å². The Bertz CT molecular complexity index is 959. The van der Waals surface area contributed by atoms with Gasteiger partial charge in [-0.25, -0.2) is 9.59 Å². The minimum atomic E-state index is -1.29. The molecule has 3 rings (SSSR count). The van der Waals surface area contributed by atoms with Crippen LogP contribution in [0.3, 0.4) is 0 Å². The Hall–Kier alpha value is -3.19. The number of Topliss-reactive ketones (excluding diaryl/α,β-unsaturated/α-hetero) is 1. The van der Waals surface area contributed by atoms with E-state index in [1.165, 1.54) is 25.1 Å². The first-order chi connectivity index (χ1) is 12.8. The highest BCUT2D eigenvalue weighted by molar-refractivity contribution is 6.31. The van der Waals surface area contributed by atoms with E-state index in [1.54, 1.807) is 30.3 Å². The van der Waals surface area contributed by atoms with E-state index in [2.05, 4.69) is 10.6 Å². The third kappa shape index (κ3) is 3.83. The second-order valence-corrected chi connectivity index (χ2v) is 6.56. The van der Waals surface area contributed by atoms with E-state index in [0.29, 0.717) is 16.1 Å². The van der Waals surface area contributed by atoms with Gasteiger partial charge in [0.05, 0.1) is 5.56 Å². The molecule has 1 heterocycles. The lowest BCUT2D eigenvalue weighted by Crippen LogP contribution is -2.40. The molecule has 1 atom stereocenters.